The van der Waals surface area contributed by atoms with Gasteiger partial charge in [0.25, 0.3) is 0 Å². The van der Waals surface area contributed by atoms with Gasteiger partial charge in [-0.25, -0.2) is 0 Å². The number of ether oxygens (including phenoxy) is 2. The van der Waals surface area contributed by atoms with E-state index in [-0.39, 0.29) is 0 Å². The number of nitrogens with one attached hydrogen (secondary N) is 1. The van der Waals surface area contributed by atoms with Gasteiger partial charge in [-0.1, -0.05) is 6.07 Å². The van der Waals surface area contributed by atoms with Crippen molar-refractivity contribution in [3.63, 3.8) is 0 Å². The second-order valence-corrected chi connectivity index (χ2v) is 3.67. The van der Waals surface area contributed by atoms with Crippen LogP contribution in [-0.2, 0) is 6.54 Å². The van der Waals surface area contributed by atoms with Gasteiger partial charge in [-0.15, -0.1) is 0 Å². The first-order valence-corrected chi connectivity index (χ1v) is 5.22. The molecule has 4 nitrogen and oxygen atoms in total. The van der Waals surface area contributed by atoms with Crippen LogP contribution in [0.3, 0.4) is 0 Å². The number of aliphatic hydroxyl groups excluding tert-OH is 1. The molecule has 1 heterocycles. The van der Waals surface area contributed by atoms with Crippen LogP contribution >= 0.6 is 0 Å². The summed E-state index contributed by atoms with van der Waals surface area (Å²) in [5, 5.41) is 12.1. The minimum absolute atomic E-state index is 0.300. The minimum Gasteiger partial charge on any atom is -0.454 e. The normalized spacial score (nSPS) is 15.4. The SMILES string of the molecule is C[C@H](O)/C=C/NCc1ccc2c(c1)OCO2. The number of hydrogen-bond acceptors (Lipinski definition) is 4. The van der Waals surface area contributed by atoms with E-state index >= 15 is 0 Å². The average Bonchev–Trinajstić information content (AvgIpc) is 2.71. The van der Waals surface area contributed by atoms with E-state index in [1.165, 1.54) is 0 Å². The van der Waals surface area contributed by atoms with Gasteiger partial charge >= 0.3 is 0 Å². The lowest BCUT2D eigenvalue weighted by molar-refractivity contribution is 0.174. The summed E-state index contributed by atoms with van der Waals surface area (Å²) in [5.41, 5.74) is 1.11. The molecule has 0 aromatic heterocycles. The molecule has 1 aromatic carbocycles. The molecule has 0 radical (unpaired) electrons. The van der Waals surface area contributed by atoms with Crippen LogP contribution in [0.5, 0.6) is 11.5 Å². The molecule has 0 amide bonds. The minimum atomic E-state index is -0.427. The fourth-order valence-corrected chi connectivity index (χ4v) is 1.43. The Balaban J connectivity index is 1.90. The second kappa shape index (κ2) is 4.90. The van der Waals surface area contributed by atoms with Crippen molar-refractivity contribution in [2.45, 2.75) is 19.6 Å². The first-order chi connectivity index (χ1) is 7.75. The van der Waals surface area contributed by atoms with E-state index in [1.807, 2.05) is 18.2 Å². The van der Waals surface area contributed by atoms with E-state index < -0.39 is 6.10 Å². The number of rotatable bonds is 4. The van der Waals surface area contributed by atoms with Crippen LogP contribution < -0.4 is 14.8 Å². The number of hydrogen-bond donors (Lipinski definition) is 2. The molecular formula is C12H15NO3. The van der Waals surface area contributed by atoms with E-state index in [0.717, 1.165) is 17.1 Å². The van der Waals surface area contributed by atoms with Gasteiger partial charge in [-0.05, 0) is 36.9 Å². The van der Waals surface area contributed by atoms with Crippen molar-refractivity contribution >= 4 is 0 Å². The van der Waals surface area contributed by atoms with Crippen molar-refractivity contribution in [3.05, 3.63) is 36.0 Å². The molecule has 4 heteroatoms. The van der Waals surface area contributed by atoms with E-state index in [0.29, 0.717) is 13.3 Å². The predicted octanol–water partition coefficient (Wildman–Crippen LogP) is 1.40. The molecular weight excluding hydrogens is 206 g/mol. The van der Waals surface area contributed by atoms with Gasteiger partial charge in [0.05, 0.1) is 6.10 Å². The fourth-order valence-electron chi connectivity index (χ4n) is 1.43. The summed E-state index contributed by atoms with van der Waals surface area (Å²) in [4.78, 5) is 0. The predicted molar refractivity (Wildman–Crippen MR) is 60.2 cm³/mol. The van der Waals surface area contributed by atoms with Gasteiger partial charge in [0.2, 0.25) is 6.79 Å². The van der Waals surface area contributed by atoms with E-state index in [1.54, 1.807) is 19.2 Å². The maximum atomic E-state index is 9.01. The molecule has 0 spiro atoms. The zero-order valence-electron chi connectivity index (χ0n) is 9.14. The Morgan fingerprint density at radius 2 is 2.25 bits per heavy atom. The molecule has 86 valence electrons. The van der Waals surface area contributed by atoms with Crippen molar-refractivity contribution in [2.75, 3.05) is 6.79 Å². The maximum absolute atomic E-state index is 9.01. The van der Waals surface area contributed by atoms with Crippen LogP contribution in [-0.4, -0.2) is 18.0 Å². The zero-order valence-corrected chi connectivity index (χ0v) is 9.14. The van der Waals surface area contributed by atoms with Gasteiger partial charge < -0.3 is 19.9 Å². The second-order valence-electron chi connectivity index (χ2n) is 3.67. The fraction of sp³-hybridized carbons (Fsp3) is 0.333. The molecule has 1 aromatic rings. The van der Waals surface area contributed by atoms with Crippen LogP contribution in [0.15, 0.2) is 30.5 Å². The summed E-state index contributed by atoms with van der Waals surface area (Å²) >= 11 is 0. The number of fused-ring (bicyclic) bond motifs is 1. The standard InChI is InChI=1S/C12H15NO3/c1-9(14)4-5-13-7-10-2-3-11-12(6-10)16-8-15-11/h2-6,9,13-14H,7-8H2,1H3/b5-4+/t9-/m0/s1. The molecule has 1 atom stereocenters. The van der Waals surface area contributed by atoms with Crippen molar-refractivity contribution in [1.82, 2.24) is 5.32 Å². The summed E-state index contributed by atoms with van der Waals surface area (Å²) < 4.78 is 10.5. The molecule has 0 bridgehead atoms. The van der Waals surface area contributed by atoms with Crippen molar-refractivity contribution in [2.24, 2.45) is 0 Å². The monoisotopic (exact) mass is 221 g/mol. The Hall–Kier alpha value is -1.68. The molecule has 0 unspecified atom stereocenters. The van der Waals surface area contributed by atoms with Gasteiger partial charge in [-0.2, -0.15) is 0 Å². The summed E-state index contributed by atoms with van der Waals surface area (Å²) in [6, 6.07) is 5.83. The Morgan fingerprint density at radius 3 is 3.06 bits per heavy atom. The van der Waals surface area contributed by atoms with E-state index in [4.69, 9.17) is 14.6 Å². The van der Waals surface area contributed by atoms with Crippen molar-refractivity contribution in [1.29, 1.82) is 0 Å². The molecule has 1 aliphatic rings. The van der Waals surface area contributed by atoms with Crippen molar-refractivity contribution < 1.29 is 14.6 Å². The van der Waals surface area contributed by atoms with Gasteiger partial charge in [0.1, 0.15) is 0 Å². The average molecular weight is 221 g/mol. The van der Waals surface area contributed by atoms with Crippen LogP contribution in [0, 0.1) is 0 Å². The quantitative estimate of drug-likeness (QED) is 0.807. The van der Waals surface area contributed by atoms with Crippen LogP contribution in [0.4, 0.5) is 0 Å². The topological polar surface area (TPSA) is 50.7 Å². The first kappa shape index (κ1) is 10.8. The zero-order chi connectivity index (χ0) is 11.4. The summed E-state index contributed by atoms with van der Waals surface area (Å²) in [5.74, 6) is 1.59. The highest BCUT2D eigenvalue weighted by atomic mass is 16.7. The number of aliphatic hydroxyl groups is 1. The molecule has 2 N–H and O–H groups in total. The lowest BCUT2D eigenvalue weighted by atomic mass is 10.2. The third kappa shape index (κ3) is 2.67. The highest BCUT2D eigenvalue weighted by molar-refractivity contribution is 5.44. The smallest absolute Gasteiger partial charge is 0.231 e. The molecule has 0 saturated heterocycles. The van der Waals surface area contributed by atoms with E-state index in [2.05, 4.69) is 5.32 Å². The molecule has 0 aliphatic carbocycles. The molecule has 1 aliphatic heterocycles. The Labute approximate surface area is 94.5 Å². The van der Waals surface area contributed by atoms with Crippen LogP contribution in [0.1, 0.15) is 12.5 Å². The molecule has 0 fully saturated rings. The van der Waals surface area contributed by atoms with Gasteiger partial charge in [-0.3, -0.25) is 0 Å². The largest absolute Gasteiger partial charge is 0.454 e. The molecule has 2 rings (SSSR count). The maximum Gasteiger partial charge on any atom is 0.231 e. The molecule has 16 heavy (non-hydrogen) atoms. The molecule has 0 saturated carbocycles. The Bertz CT molecular complexity index is 388. The summed E-state index contributed by atoms with van der Waals surface area (Å²) in [6.45, 7) is 2.70. The highest BCUT2D eigenvalue weighted by Gasteiger charge is 2.12. The Kier molecular flexibility index (Phi) is 3.31. The van der Waals surface area contributed by atoms with Gasteiger partial charge in [0, 0.05) is 6.54 Å². The lowest BCUT2D eigenvalue weighted by Gasteiger charge is -2.03. The van der Waals surface area contributed by atoms with Crippen LogP contribution in [0.2, 0.25) is 0 Å². The lowest BCUT2D eigenvalue weighted by Crippen LogP contribution is -2.06. The summed E-state index contributed by atoms with van der Waals surface area (Å²) in [7, 11) is 0. The third-order valence-corrected chi connectivity index (χ3v) is 2.24. The first-order valence-electron chi connectivity index (χ1n) is 5.22. The summed E-state index contributed by atoms with van der Waals surface area (Å²) in [6.07, 6.45) is 3.01. The number of benzene rings is 1. The van der Waals surface area contributed by atoms with E-state index in [9.17, 15) is 0 Å². The van der Waals surface area contributed by atoms with Crippen LogP contribution in [0.25, 0.3) is 0 Å². The third-order valence-electron chi connectivity index (χ3n) is 2.24. The van der Waals surface area contributed by atoms with Crippen molar-refractivity contribution in [3.8, 4) is 11.5 Å². The van der Waals surface area contributed by atoms with Gasteiger partial charge in [0.15, 0.2) is 11.5 Å². The highest BCUT2D eigenvalue weighted by Crippen LogP contribution is 2.32. The Morgan fingerprint density at radius 1 is 1.44 bits per heavy atom.